The van der Waals surface area contributed by atoms with Crippen LogP contribution in [0.5, 0.6) is 0 Å². The Morgan fingerprint density at radius 2 is 0.963 bits per heavy atom. The molecule has 0 bridgehead atoms. The number of hydroxylamine groups is 1. The first-order chi connectivity index (χ1) is 38.8. The molecule has 0 unspecified atom stereocenters. The number of aliphatic carboxylic acids is 2. The molecule has 9 rings (SSSR count). The standard InChI is InChI=1S/C33H40N4O6.C28H31N3O6/c38-29(36-42)18-6-1-2-7-19-30(39)37-21-27-25(24-16-10-11-17-26(24)34-27)20-28(37)32(40)35-31(22-12-4-3-5-13-22)33(41)43-23-14-8-9-15-23;32-24(14-6-1-2-7-15-25(33)34)31-17-22-20(19-12-8-9-13-21(19)29-22)16-23(31)27(35)30-26(28(36)37)18-10-4-3-5-11-18/h3-5,10-13,16-17,23,28,31,34,42H,1-2,6-9,14-15,18-21H2,(H,35,40)(H,36,38);3-5,8-13,23,26,29H,1-2,6-7,14-17H2,(H,30,35)(H,33,34)(H,36,37)/t28-,31+;23-,26+/m11/s1. The molecule has 4 heterocycles. The van der Waals surface area contributed by atoms with Crippen molar-refractivity contribution in [1.29, 1.82) is 0 Å². The van der Waals surface area contributed by atoms with Crippen molar-refractivity contribution < 1.29 is 58.5 Å². The van der Waals surface area contributed by atoms with Crippen molar-refractivity contribution in [3.05, 3.63) is 143 Å². The third kappa shape index (κ3) is 14.9. The highest BCUT2D eigenvalue weighted by atomic mass is 16.5. The number of unbranched alkanes of at least 4 members (excludes halogenated alkanes) is 6. The maximum Gasteiger partial charge on any atom is 0.333 e. The molecular formula is C61H71N7O12. The van der Waals surface area contributed by atoms with Gasteiger partial charge in [-0.25, -0.2) is 15.1 Å². The number of nitrogens with zero attached hydrogens (tertiary/aromatic N) is 2. The number of hydrogen-bond acceptors (Lipinski definition) is 10. The number of carbonyl (C=O) groups is 8. The van der Waals surface area contributed by atoms with Crippen molar-refractivity contribution in [3.63, 3.8) is 0 Å². The molecule has 1 fully saturated rings. The first kappa shape index (κ1) is 57.8. The predicted octanol–water partition coefficient (Wildman–Crippen LogP) is 8.40. The van der Waals surface area contributed by atoms with Crippen LogP contribution in [0.2, 0.25) is 0 Å². The second kappa shape index (κ2) is 28.0. The van der Waals surface area contributed by atoms with Gasteiger partial charge < -0.3 is 45.4 Å². The molecule has 3 aliphatic rings. The predicted molar refractivity (Wildman–Crippen MR) is 296 cm³/mol. The highest BCUT2D eigenvalue weighted by Gasteiger charge is 2.40. The van der Waals surface area contributed by atoms with Crippen LogP contribution in [0.25, 0.3) is 21.8 Å². The molecule has 19 nitrogen and oxygen atoms in total. The molecule has 80 heavy (non-hydrogen) atoms. The number of amides is 5. The van der Waals surface area contributed by atoms with Crippen molar-refractivity contribution >= 4 is 69.2 Å². The van der Waals surface area contributed by atoms with E-state index < -0.39 is 59.8 Å². The number of aromatic nitrogens is 2. The van der Waals surface area contributed by atoms with Gasteiger partial charge in [-0.3, -0.25) is 34.0 Å². The van der Waals surface area contributed by atoms with Gasteiger partial charge in [-0.1, -0.05) is 123 Å². The quantitative estimate of drug-likeness (QED) is 0.0130. The SMILES string of the molecule is O=C(CCCCCCC(=O)N1Cc2[nH]c3ccccc3c2C[C@@H]1C(=O)N[C@H](C(=O)OC1CCCC1)c1ccccc1)NO.O=C(O)CCCCCCC(=O)N1Cc2[nH]c3ccccc3c2C[C@@H]1C(=O)N[C@H](C(=O)O)c1ccccc1. The fraction of sp³-hybridized carbons (Fsp3) is 0.410. The summed E-state index contributed by atoms with van der Waals surface area (Å²) in [5.41, 5.74) is 8.34. The van der Waals surface area contributed by atoms with E-state index in [-0.39, 0.29) is 63.1 Å². The molecule has 0 radical (unpaired) electrons. The lowest BCUT2D eigenvalue weighted by Crippen LogP contribution is -2.53. The van der Waals surface area contributed by atoms with Gasteiger partial charge in [0.15, 0.2) is 12.1 Å². The van der Waals surface area contributed by atoms with Crippen LogP contribution in [0.15, 0.2) is 109 Å². The highest BCUT2D eigenvalue weighted by molar-refractivity contribution is 5.95. The van der Waals surface area contributed by atoms with Crippen molar-refractivity contribution in [1.82, 2.24) is 35.9 Å². The highest BCUT2D eigenvalue weighted by Crippen LogP contribution is 2.34. The van der Waals surface area contributed by atoms with E-state index >= 15 is 0 Å². The molecule has 6 aromatic rings. The number of ether oxygens (including phenoxy) is 1. The number of hydrogen-bond donors (Lipinski definition) is 8. The van der Waals surface area contributed by atoms with Crippen LogP contribution >= 0.6 is 0 Å². The summed E-state index contributed by atoms with van der Waals surface area (Å²) in [7, 11) is 0. The molecule has 2 aromatic heterocycles. The summed E-state index contributed by atoms with van der Waals surface area (Å²) in [6.45, 7) is 0.489. The van der Waals surface area contributed by atoms with Gasteiger partial charge in [0.25, 0.3) is 0 Å². The first-order valence-electron chi connectivity index (χ1n) is 27.8. The number of nitrogens with one attached hydrogen (secondary N) is 5. The van der Waals surface area contributed by atoms with E-state index in [9.17, 15) is 43.5 Å². The number of rotatable bonds is 23. The molecule has 4 atom stereocenters. The van der Waals surface area contributed by atoms with Crippen molar-refractivity contribution in [3.8, 4) is 0 Å². The third-order valence-corrected chi connectivity index (χ3v) is 15.4. The lowest BCUT2D eigenvalue weighted by molar-refractivity contribution is -0.154. The zero-order valence-corrected chi connectivity index (χ0v) is 44.8. The Hall–Kier alpha value is -8.32. The van der Waals surface area contributed by atoms with E-state index in [0.717, 1.165) is 89.3 Å². The molecule has 1 saturated carbocycles. The number of esters is 1. The van der Waals surface area contributed by atoms with Crippen LogP contribution in [-0.2, 0) is 69.0 Å². The van der Waals surface area contributed by atoms with Gasteiger partial charge in [-0.05, 0) is 85.8 Å². The Morgan fingerprint density at radius 3 is 1.43 bits per heavy atom. The minimum Gasteiger partial charge on any atom is -0.481 e. The van der Waals surface area contributed by atoms with E-state index in [0.29, 0.717) is 49.7 Å². The first-order valence-corrected chi connectivity index (χ1v) is 27.8. The normalized spacial score (nSPS) is 16.6. The lowest BCUT2D eigenvalue weighted by atomic mass is 9.94. The summed E-state index contributed by atoms with van der Waals surface area (Å²) in [5, 5.41) is 34.8. The van der Waals surface area contributed by atoms with Crippen LogP contribution in [-0.4, -0.2) is 101 Å². The number of H-pyrrole nitrogens is 2. The summed E-state index contributed by atoms with van der Waals surface area (Å²) in [5.74, 6) is -4.14. The average molecular weight is 1090 g/mol. The molecule has 0 saturated heterocycles. The Balaban J connectivity index is 0.000000213. The Labute approximate surface area is 463 Å². The van der Waals surface area contributed by atoms with Crippen molar-refractivity contribution in [2.24, 2.45) is 0 Å². The number of fused-ring (bicyclic) bond motifs is 6. The summed E-state index contributed by atoms with van der Waals surface area (Å²) >= 11 is 0. The van der Waals surface area contributed by atoms with E-state index in [1.165, 1.54) is 4.90 Å². The summed E-state index contributed by atoms with van der Waals surface area (Å²) in [6.07, 6.45) is 10.3. The zero-order chi connectivity index (χ0) is 56.5. The molecular weight excluding hydrogens is 1020 g/mol. The Kier molecular flexibility index (Phi) is 20.3. The summed E-state index contributed by atoms with van der Waals surface area (Å²) in [4.78, 5) is 112. The zero-order valence-electron chi connectivity index (χ0n) is 44.8. The van der Waals surface area contributed by atoms with Crippen molar-refractivity contribution in [2.45, 2.75) is 159 Å². The smallest absolute Gasteiger partial charge is 0.333 e. The topological polar surface area (TPSA) is 281 Å². The van der Waals surface area contributed by atoms with E-state index in [1.807, 2.05) is 66.7 Å². The molecule has 5 amide bonds. The molecule has 2 aliphatic heterocycles. The van der Waals surface area contributed by atoms with E-state index in [4.69, 9.17) is 15.1 Å². The van der Waals surface area contributed by atoms with Gasteiger partial charge >= 0.3 is 17.9 Å². The van der Waals surface area contributed by atoms with Gasteiger partial charge in [-0.2, -0.15) is 0 Å². The van der Waals surface area contributed by atoms with Gasteiger partial charge in [0.2, 0.25) is 29.5 Å². The maximum absolute atomic E-state index is 14.0. The number of benzene rings is 4. The van der Waals surface area contributed by atoms with Gasteiger partial charge in [-0.15, -0.1) is 0 Å². The second-order valence-electron chi connectivity index (χ2n) is 20.9. The number of aromatic amines is 2. The molecule has 8 N–H and O–H groups in total. The van der Waals surface area contributed by atoms with E-state index in [1.54, 1.807) is 52.8 Å². The van der Waals surface area contributed by atoms with Crippen LogP contribution < -0.4 is 16.1 Å². The summed E-state index contributed by atoms with van der Waals surface area (Å²) < 4.78 is 5.82. The number of carbonyl (C=O) groups excluding carboxylic acids is 6. The maximum atomic E-state index is 14.0. The molecule has 4 aromatic carbocycles. The third-order valence-electron chi connectivity index (χ3n) is 15.4. The van der Waals surface area contributed by atoms with Crippen LogP contribution in [0.4, 0.5) is 0 Å². The van der Waals surface area contributed by atoms with Crippen LogP contribution in [0.1, 0.15) is 148 Å². The number of para-hydroxylation sites is 2. The average Bonchev–Trinajstić information content (AvgIpc) is 4.29. The fourth-order valence-corrected chi connectivity index (χ4v) is 11.1. The van der Waals surface area contributed by atoms with E-state index in [2.05, 4.69) is 20.6 Å². The Bertz CT molecular complexity index is 3130. The molecule has 422 valence electrons. The second-order valence-corrected chi connectivity index (χ2v) is 20.9. The largest absolute Gasteiger partial charge is 0.481 e. The molecule has 0 spiro atoms. The van der Waals surface area contributed by atoms with Crippen molar-refractivity contribution in [2.75, 3.05) is 0 Å². The van der Waals surface area contributed by atoms with Gasteiger partial charge in [0.1, 0.15) is 18.2 Å². The van der Waals surface area contributed by atoms with Gasteiger partial charge in [0, 0.05) is 71.7 Å². The summed E-state index contributed by atoms with van der Waals surface area (Å²) in [6, 6.07) is 29.4. The molecule has 1 aliphatic carbocycles. The number of carboxylic acid groups (broad SMARTS) is 2. The minimum atomic E-state index is -1.23. The van der Waals surface area contributed by atoms with Crippen LogP contribution in [0.3, 0.4) is 0 Å². The molecule has 19 heteroatoms. The number of carboxylic acids is 2. The monoisotopic (exact) mass is 1090 g/mol. The van der Waals surface area contributed by atoms with Gasteiger partial charge in [0.05, 0.1) is 13.1 Å². The Morgan fingerprint density at radius 1 is 0.537 bits per heavy atom. The van der Waals surface area contributed by atoms with Crippen LogP contribution in [0, 0.1) is 0 Å². The fourth-order valence-electron chi connectivity index (χ4n) is 11.1. The lowest BCUT2D eigenvalue weighted by Gasteiger charge is -2.36. The minimum absolute atomic E-state index is 0.109.